The second-order valence-electron chi connectivity index (χ2n) is 4.89. The monoisotopic (exact) mass is 238 g/mol. The maximum Gasteiger partial charge on any atom is 0.123 e. The van der Waals surface area contributed by atoms with Crippen LogP contribution in [0.15, 0.2) is 30.3 Å². The first-order valence-electron chi connectivity index (χ1n) is 5.85. The second-order valence-corrected chi connectivity index (χ2v) is 4.89. The van der Waals surface area contributed by atoms with E-state index in [1.54, 1.807) is 12.1 Å². The van der Waals surface area contributed by atoms with Crippen LogP contribution in [0.1, 0.15) is 47.6 Å². The van der Waals surface area contributed by atoms with Crippen LogP contribution >= 0.6 is 0 Å². The molecule has 0 aliphatic heterocycles. The number of halogens is 1. The van der Waals surface area contributed by atoms with Crippen molar-refractivity contribution >= 4 is 6.08 Å². The minimum atomic E-state index is -0.184. The Hall–Kier alpha value is -1.11. The molecule has 0 amide bonds. The Bertz CT molecular complexity index is 291. The zero-order valence-electron chi connectivity index (χ0n) is 11.0. The van der Waals surface area contributed by atoms with Gasteiger partial charge >= 0.3 is 0 Å². The van der Waals surface area contributed by atoms with Gasteiger partial charge in [-0.25, -0.2) is 4.39 Å². The maximum absolute atomic E-state index is 12.5. The second kappa shape index (κ2) is 10.1. The van der Waals surface area contributed by atoms with Crippen LogP contribution in [0.2, 0.25) is 0 Å². The third kappa shape index (κ3) is 12.8. The zero-order valence-corrected chi connectivity index (χ0v) is 11.0. The van der Waals surface area contributed by atoms with Gasteiger partial charge in [-0.05, 0) is 29.5 Å². The zero-order chi connectivity index (χ0) is 12.6. The molecule has 0 radical (unpaired) electrons. The Balaban J connectivity index is 0. The van der Waals surface area contributed by atoms with Gasteiger partial charge in [-0.15, -0.1) is 0 Å². The molecule has 0 fully saturated rings. The van der Waals surface area contributed by atoms with Crippen LogP contribution in [0.3, 0.4) is 0 Å². The summed E-state index contributed by atoms with van der Waals surface area (Å²) in [5.41, 5.74) is 1.05. The van der Waals surface area contributed by atoms with Crippen molar-refractivity contribution < 1.29 is 4.39 Å². The van der Waals surface area contributed by atoms with Gasteiger partial charge in [0.05, 0.1) is 0 Å². The Morgan fingerprint density at radius 1 is 0.941 bits per heavy atom. The van der Waals surface area contributed by atoms with Crippen molar-refractivity contribution in [1.29, 1.82) is 0 Å². The molecule has 0 heterocycles. The molecule has 17 heavy (non-hydrogen) atoms. The molecule has 0 spiro atoms. The Kier molecular flexibility index (Phi) is 10.8. The van der Waals surface area contributed by atoms with E-state index in [4.69, 9.17) is 0 Å². The number of benzene rings is 1. The van der Waals surface area contributed by atoms with Gasteiger partial charge < -0.3 is 0 Å². The Morgan fingerprint density at radius 2 is 1.35 bits per heavy atom. The molecule has 0 unspecified atom stereocenters. The predicted octanol–water partition coefficient (Wildman–Crippen LogP) is 5.79. The lowest BCUT2D eigenvalue weighted by atomic mass is 10.1. The predicted molar refractivity (Wildman–Crippen MR) is 77.5 cm³/mol. The lowest BCUT2D eigenvalue weighted by Crippen LogP contribution is -1.78. The van der Waals surface area contributed by atoms with E-state index in [-0.39, 0.29) is 13.2 Å². The van der Waals surface area contributed by atoms with Gasteiger partial charge in [-0.3, -0.25) is 0 Å². The lowest BCUT2D eigenvalue weighted by molar-refractivity contribution is 0.628. The van der Waals surface area contributed by atoms with Gasteiger partial charge in [-0.1, -0.05) is 66.3 Å². The van der Waals surface area contributed by atoms with Gasteiger partial charge in [0, 0.05) is 0 Å². The van der Waals surface area contributed by atoms with Crippen molar-refractivity contribution in [3.05, 3.63) is 41.7 Å². The van der Waals surface area contributed by atoms with Crippen molar-refractivity contribution in [1.82, 2.24) is 0 Å². The molecule has 0 saturated heterocycles. The normalized spacial score (nSPS) is 10.1. The minimum absolute atomic E-state index is 0. The van der Waals surface area contributed by atoms with Crippen LogP contribution in [0.4, 0.5) is 4.39 Å². The molecule has 1 heteroatoms. The highest BCUT2D eigenvalue weighted by atomic mass is 19.1. The topological polar surface area (TPSA) is 0 Å². The fraction of sp³-hybridized carbons (Fsp3) is 0.500. The van der Waals surface area contributed by atoms with E-state index in [1.807, 2.05) is 6.08 Å². The van der Waals surface area contributed by atoms with E-state index in [9.17, 15) is 4.39 Å². The SMILES string of the molecule is C.CC(C)/C=C/c1ccc(F)cc1.CC(C)C. The fourth-order valence-electron chi connectivity index (χ4n) is 0.877. The molecular weight excluding hydrogens is 211 g/mol. The molecule has 1 aromatic carbocycles. The van der Waals surface area contributed by atoms with Crippen molar-refractivity contribution in [3.63, 3.8) is 0 Å². The van der Waals surface area contributed by atoms with Crippen LogP contribution in [0, 0.1) is 17.7 Å². The summed E-state index contributed by atoms with van der Waals surface area (Å²) >= 11 is 0. The molecule has 0 aliphatic carbocycles. The van der Waals surface area contributed by atoms with Crippen LogP contribution in [-0.2, 0) is 0 Å². The van der Waals surface area contributed by atoms with Crippen LogP contribution in [0.25, 0.3) is 6.08 Å². The minimum Gasteiger partial charge on any atom is -0.207 e. The maximum atomic E-state index is 12.5. The van der Waals surface area contributed by atoms with E-state index in [2.05, 4.69) is 40.7 Å². The van der Waals surface area contributed by atoms with Crippen molar-refractivity contribution in [2.24, 2.45) is 11.8 Å². The summed E-state index contributed by atoms with van der Waals surface area (Å²) in [6, 6.07) is 6.49. The van der Waals surface area contributed by atoms with E-state index < -0.39 is 0 Å². The quantitative estimate of drug-likeness (QED) is 0.611. The van der Waals surface area contributed by atoms with E-state index in [1.165, 1.54) is 12.1 Å². The molecular formula is C16H27F. The highest BCUT2D eigenvalue weighted by Crippen LogP contribution is 2.06. The van der Waals surface area contributed by atoms with E-state index >= 15 is 0 Å². The molecule has 0 nitrogen and oxygen atoms in total. The summed E-state index contributed by atoms with van der Waals surface area (Å²) in [5.74, 6) is 1.19. The van der Waals surface area contributed by atoms with Crippen molar-refractivity contribution in [2.45, 2.75) is 42.0 Å². The highest BCUT2D eigenvalue weighted by Gasteiger charge is 1.89. The molecule has 98 valence electrons. The Morgan fingerprint density at radius 3 is 1.71 bits per heavy atom. The molecule has 0 aromatic heterocycles. The molecule has 0 bridgehead atoms. The summed E-state index contributed by atoms with van der Waals surface area (Å²) in [6.07, 6.45) is 4.09. The van der Waals surface area contributed by atoms with Crippen LogP contribution in [-0.4, -0.2) is 0 Å². The lowest BCUT2D eigenvalue weighted by Gasteiger charge is -1.95. The molecule has 1 rings (SSSR count). The molecule has 1 aromatic rings. The van der Waals surface area contributed by atoms with Crippen molar-refractivity contribution in [3.8, 4) is 0 Å². The van der Waals surface area contributed by atoms with Crippen LogP contribution < -0.4 is 0 Å². The smallest absolute Gasteiger partial charge is 0.123 e. The number of rotatable bonds is 2. The number of hydrogen-bond acceptors (Lipinski definition) is 0. The first-order valence-corrected chi connectivity index (χ1v) is 5.85. The van der Waals surface area contributed by atoms with Crippen LogP contribution in [0.5, 0.6) is 0 Å². The van der Waals surface area contributed by atoms with E-state index in [0.717, 1.165) is 11.5 Å². The van der Waals surface area contributed by atoms with E-state index in [0.29, 0.717) is 5.92 Å². The van der Waals surface area contributed by atoms with Gasteiger partial charge in [0.2, 0.25) is 0 Å². The molecule has 0 saturated carbocycles. The number of hydrogen-bond donors (Lipinski definition) is 0. The summed E-state index contributed by atoms with van der Waals surface area (Å²) in [5, 5.41) is 0. The molecule has 0 N–H and O–H groups in total. The van der Waals surface area contributed by atoms with Gasteiger partial charge in [0.1, 0.15) is 5.82 Å². The summed E-state index contributed by atoms with van der Waals surface area (Å²) < 4.78 is 12.5. The number of allylic oxidation sites excluding steroid dienone is 1. The first kappa shape index (κ1) is 18.3. The molecule has 0 atom stereocenters. The van der Waals surface area contributed by atoms with Gasteiger partial charge in [0.25, 0.3) is 0 Å². The average molecular weight is 238 g/mol. The highest BCUT2D eigenvalue weighted by molar-refractivity contribution is 5.48. The average Bonchev–Trinajstić information content (AvgIpc) is 2.16. The molecule has 0 aliphatic rings. The third-order valence-corrected chi connectivity index (χ3v) is 1.54. The summed E-state index contributed by atoms with van der Waals surface area (Å²) in [6.45, 7) is 10.7. The Labute approximate surface area is 107 Å². The first-order chi connectivity index (χ1) is 7.41. The van der Waals surface area contributed by atoms with Crippen molar-refractivity contribution in [2.75, 3.05) is 0 Å². The van der Waals surface area contributed by atoms with Gasteiger partial charge in [0.15, 0.2) is 0 Å². The summed E-state index contributed by atoms with van der Waals surface area (Å²) in [7, 11) is 0. The largest absolute Gasteiger partial charge is 0.207 e. The summed E-state index contributed by atoms with van der Waals surface area (Å²) in [4.78, 5) is 0. The standard InChI is InChI=1S/C11H13F.C4H10.CH4/c1-9(2)3-4-10-5-7-11(12)8-6-10;1-4(2)3;/h3-9H,1-2H3;4H,1-3H3;1H4/b4-3+;;. The third-order valence-electron chi connectivity index (χ3n) is 1.54. The fourth-order valence-corrected chi connectivity index (χ4v) is 0.877. The van der Waals surface area contributed by atoms with Gasteiger partial charge in [-0.2, -0.15) is 0 Å².